The molecular weight excluding hydrogens is 358 g/mol. The minimum Gasteiger partial charge on any atom is -0.355 e. The Morgan fingerprint density at radius 3 is 2.59 bits per heavy atom. The number of rotatable bonds is 3. The number of carbonyl (C=O) groups excluding carboxylic acids is 2. The van der Waals surface area contributed by atoms with Crippen molar-refractivity contribution in [1.29, 1.82) is 0 Å². The Bertz CT molecular complexity index is 1200. The second-order valence-corrected chi connectivity index (χ2v) is 7.18. The molecule has 0 saturated carbocycles. The van der Waals surface area contributed by atoms with Crippen molar-refractivity contribution in [1.82, 2.24) is 10.3 Å². The summed E-state index contributed by atoms with van der Waals surface area (Å²) >= 11 is 1.32. The van der Waals surface area contributed by atoms with Gasteiger partial charge < -0.3 is 10.6 Å². The molecule has 5 nitrogen and oxygen atoms in total. The van der Waals surface area contributed by atoms with Crippen LogP contribution >= 0.6 is 11.3 Å². The van der Waals surface area contributed by atoms with E-state index in [0.717, 1.165) is 26.6 Å². The molecule has 6 heteroatoms. The largest absolute Gasteiger partial charge is 0.355 e. The molecule has 2 amide bonds. The minimum absolute atomic E-state index is 0.162. The molecule has 0 aliphatic heterocycles. The Hall–Kier alpha value is -3.25. The second-order valence-electron chi connectivity index (χ2n) is 6.16. The highest BCUT2D eigenvalue weighted by Crippen LogP contribution is 2.33. The van der Waals surface area contributed by atoms with Crippen molar-refractivity contribution in [3.05, 3.63) is 70.6 Å². The van der Waals surface area contributed by atoms with E-state index in [9.17, 15) is 9.59 Å². The van der Waals surface area contributed by atoms with Gasteiger partial charge in [0.25, 0.3) is 11.8 Å². The number of aryl methyl sites for hydroxylation is 1. The van der Waals surface area contributed by atoms with Gasteiger partial charge in [-0.05, 0) is 42.1 Å². The number of hydrogen-bond donors (Lipinski definition) is 2. The number of carbonyl (C=O) groups is 2. The van der Waals surface area contributed by atoms with Crippen LogP contribution in [0.4, 0.5) is 5.82 Å². The Morgan fingerprint density at radius 2 is 1.78 bits per heavy atom. The van der Waals surface area contributed by atoms with Crippen LogP contribution in [0.25, 0.3) is 21.0 Å². The van der Waals surface area contributed by atoms with E-state index in [2.05, 4.69) is 15.6 Å². The Balaban J connectivity index is 1.71. The highest BCUT2D eigenvalue weighted by Gasteiger charge is 2.19. The summed E-state index contributed by atoms with van der Waals surface area (Å²) in [5.41, 5.74) is 2.26. The summed E-state index contributed by atoms with van der Waals surface area (Å²) in [7, 11) is 1.60. The first-order chi connectivity index (χ1) is 13.1. The predicted molar refractivity (Wildman–Crippen MR) is 110 cm³/mol. The molecule has 2 N–H and O–H groups in total. The SMILES string of the molecule is CNC(=O)c1cccc2c(C)c(C(=O)Nc3ccc4ccccc4n3)sc12. The Labute approximate surface area is 160 Å². The maximum absolute atomic E-state index is 12.9. The van der Waals surface area contributed by atoms with Gasteiger partial charge >= 0.3 is 0 Å². The lowest BCUT2D eigenvalue weighted by Crippen LogP contribution is -2.17. The van der Waals surface area contributed by atoms with Gasteiger partial charge in [-0.15, -0.1) is 11.3 Å². The number of amides is 2. The van der Waals surface area contributed by atoms with Crippen molar-refractivity contribution in [3.8, 4) is 0 Å². The van der Waals surface area contributed by atoms with Gasteiger partial charge in [-0.1, -0.05) is 30.3 Å². The van der Waals surface area contributed by atoms with E-state index in [4.69, 9.17) is 0 Å². The molecule has 0 spiro atoms. The first-order valence-corrected chi connectivity index (χ1v) is 9.31. The van der Waals surface area contributed by atoms with E-state index in [1.807, 2.05) is 49.4 Å². The van der Waals surface area contributed by atoms with Crippen molar-refractivity contribution in [2.45, 2.75) is 6.92 Å². The summed E-state index contributed by atoms with van der Waals surface area (Å²) in [5, 5.41) is 7.45. The van der Waals surface area contributed by atoms with E-state index in [0.29, 0.717) is 16.3 Å². The molecule has 27 heavy (non-hydrogen) atoms. The topological polar surface area (TPSA) is 71.1 Å². The number of pyridine rings is 1. The maximum Gasteiger partial charge on any atom is 0.267 e. The Morgan fingerprint density at radius 1 is 0.963 bits per heavy atom. The van der Waals surface area contributed by atoms with E-state index >= 15 is 0 Å². The molecule has 134 valence electrons. The fourth-order valence-corrected chi connectivity index (χ4v) is 4.29. The van der Waals surface area contributed by atoms with E-state index < -0.39 is 0 Å². The molecule has 0 unspecified atom stereocenters. The molecule has 0 saturated heterocycles. The number of hydrogen-bond acceptors (Lipinski definition) is 4. The molecular formula is C21H17N3O2S. The molecule has 2 aromatic heterocycles. The first kappa shape index (κ1) is 17.2. The van der Waals surface area contributed by atoms with Crippen molar-refractivity contribution >= 4 is 50.0 Å². The molecule has 0 radical (unpaired) electrons. The van der Waals surface area contributed by atoms with Gasteiger partial charge in [-0.3, -0.25) is 9.59 Å². The van der Waals surface area contributed by atoms with Gasteiger partial charge in [0.05, 0.1) is 16.0 Å². The molecule has 2 aromatic carbocycles. The molecule has 4 rings (SSSR count). The highest BCUT2D eigenvalue weighted by atomic mass is 32.1. The van der Waals surface area contributed by atoms with Crippen molar-refractivity contribution in [2.75, 3.05) is 12.4 Å². The Kier molecular flexibility index (Phi) is 4.33. The number of thiophene rings is 1. The summed E-state index contributed by atoms with van der Waals surface area (Å²) in [6.07, 6.45) is 0. The van der Waals surface area contributed by atoms with Gasteiger partial charge in [0.1, 0.15) is 5.82 Å². The van der Waals surface area contributed by atoms with Crippen molar-refractivity contribution in [2.24, 2.45) is 0 Å². The summed E-state index contributed by atoms with van der Waals surface area (Å²) in [4.78, 5) is 30.0. The van der Waals surface area contributed by atoms with Crippen LogP contribution in [0.3, 0.4) is 0 Å². The summed E-state index contributed by atoms with van der Waals surface area (Å²) in [6, 6.07) is 17.0. The van der Waals surface area contributed by atoms with Crippen LogP contribution in [0.1, 0.15) is 25.6 Å². The van der Waals surface area contributed by atoms with E-state index in [-0.39, 0.29) is 11.8 Å². The van der Waals surface area contributed by atoms with Crippen LogP contribution < -0.4 is 10.6 Å². The van der Waals surface area contributed by atoms with E-state index in [1.54, 1.807) is 19.2 Å². The lowest BCUT2D eigenvalue weighted by atomic mass is 10.1. The van der Waals surface area contributed by atoms with Gasteiger partial charge in [0, 0.05) is 17.1 Å². The third-order valence-electron chi connectivity index (χ3n) is 4.48. The third kappa shape index (κ3) is 3.04. The summed E-state index contributed by atoms with van der Waals surface area (Å²) in [5.74, 6) is 0.117. The maximum atomic E-state index is 12.9. The van der Waals surface area contributed by atoms with Crippen LogP contribution in [-0.4, -0.2) is 23.8 Å². The summed E-state index contributed by atoms with van der Waals surface area (Å²) in [6.45, 7) is 1.90. The first-order valence-electron chi connectivity index (χ1n) is 8.50. The molecule has 2 heterocycles. The smallest absolute Gasteiger partial charge is 0.267 e. The van der Waals surface area contributed by atoms with Crippen molar-refractivity contribution in [3.63, 3.8) is 0 Å². The monoisotopic (exact) mass is 375 g/mol. The number of anilines is 1. The number of aromatic nitrogens is 1. The highest BCUT2D eigenvalue weighted by molar-refractivity contribution is 7.21. The third-order valence-corrected chi connectivity index (χ3v) is 5.82. The molecule has 0 aliphatic carbocycles. The number of para-hydroxylation sites is 1. The molecule has 0 aliphatic rings. The fraction of sp³-hybridized carbons (Fsp3) is 0.0952. The zero-order chi connectivity index (χ0) is 19.0. The molecule has 0 atom stereocenters. The quantitative estimate of drug-likeness (QED) is 0.559. The standard InChI is InChI=1S/C21H17N3O2S/c1-12-14-7-5-8-15(20(25)22-2)19(14)27-18(12)21(26)24-17-11-10-13-6-3-4-9-16(13)23-17/h3-11H,1-2H3,(H,22,25)(H,23,24,26). The van der Waals surface area contributed by atoms with Crippen LogP contribution in [0.2, 0.25) is 0 Å². The molecule has 4 aromatic rings. The number of nitrogens with zero attached hydrogens (tertiary/aromatic N) is 1. The van der Waals surface area contributed by atoms with Gasteiger partial charge in [-0.25, -0.2) is 4.98 Å². The molecule has 0 fully saturated rings. The number of benzene rings is 2. The average Bonchev–Trinajstić information content (AvgIpc) is 3.04. The molecule has 0 bridgehead atoms. The van der Waals surface area contributed by atoms with Gasteiger partial charge in [0.2, 0.25) is 0 Å². The predicted octanol–water partition coefficient (Wildman–Crippen LogP) is 4.37. The minimum atomic E-state index is -0.223. The zero-order valence-electron chi connectivity index (χ0n) is 14.9. The van der Waals surface area contributed by atoms with Crippen LogP contribution in [0.5, 0.6) is 0 Å². The lowest BCUT2D eigenvalue weighted by Gasteiger charge is -2.05. The fourth-order valence-electron chi connectivity index (χ4n) is 3.08. The average molecular weight is 375 g/mol. The zero-order valence-corrected chi connectivity index (χ0v) is 15.7. The number of nitrogens with one attached hydrogen (secondary N) is 2. The van der Waals surface area contributed by atoms with Crippen LogP contribution in [0.15, 0.2) is 54.6 Å². The number of fused-ring (bicyclic) bond motifs is 2. The second kappa shape index (κ2) is 6.81. The van der Waals surface area contributed by atoms with Crippen molar-refractivity contribution < 1.29 is 9.59 Å². The summed E-state index contributed by atoms with van der Waals surface area (Å²) < 4.78 is 0.811. The van der Waals surface area contributed by atoms with E-state index in [1.165, 1.54) is 11.3 Å². The normalized spacial score (nSPS) is 10.9. The van der Waals surface area contributed by atoms with Crippen LogP contribution in [-0.2, 0) is 0 Å². The lowest BCUT2D eigenvalue weighted by molar-refractivity contribution is 0.0963. The van der Waals surface area contributed by atoms with Gasteiger partial charge in [-0.2, -0.15) is 0 Å². The van der Waals surface area contributed by atoms with Gasteiger partial charge in [0.15, 0.2) is 0 Å². The van der Waals surface area contributed by atoms with Crippen LogP contribution in [0, 0.1) is 6.92 Å².